The summed E-state index contributed by atoms with van der Waals surface area (Å²) >= 11 is 0. The van der Waals surface area contributed by atoms with Gasteiger partial charge in [-0.1, -0.05) is 62.9 Å². The van der Waals surface area contributed by atoms with Crippen molar-refractivity contribution in [3.8, 4) is 11.1 Å². The molecule has 0 bridgehead atoms. The van der Waals surface area contributed by atoms with Crippen LogP contribution in [0.3, 0.4) is 0 Å². The zero-order valence-electron chi connectivity index (χ0n) is 25.9. The highest BCUT2D eigenvalue weighted by Crippen LogP contribution is 2.32. The number of aryl methyl sites for hydroxylation is 1. The molecule has 4 rings (SSSR count). The van der Waals surface area contributed by atoms with E-state index >= 15 is 0 Å². The van der Waals surface area contributed by atoms with Gasteiger partial charge >= 0.3 is 5.97 Å². The highest BCUT2D eigenvalue weighted by atomic mass is 32.2. The number of rotatable bonds is 14. The van der Waals surface area contributed by atoms with E-state index in [0.29, 0.717) is 23.4 Å². The second kappa shape index (κ2) is 15.3. The van der Waals surface area contributed by atoms with E-state index in [1.165, 1.54) is 32.1 Å². The lowest BCUT2D eigenvalue weighted by atomic mass is 9.90. The molecule has 0 unspecified atom stereocenters. The van der Waals surface area contributed by atoms with E-state index in [2.05, 4.69) is 17.1 Å². The Bertz CT molecular complexity index is 1350. The van der Waals surface area contributed by atoms with Crippen LogP contribution in [0.5, 0.6) is 0 Å². The summed E-state index contributed by atoms with van der Waals surface area (Å²) in [5.41, 5.74) is 4.08. The highest BCUT2D eigenvalue weighted by molar-refractivity contribution is 7.90. The minimum atomic E-state index is -3.38. The fourth-order valence-electron chi connectivity index (χ4n) is 6.52. The SMILES string of the molecule is CC[C@H]1C[C@@H](COCC2CCCCC2)N(Cc2ccc(C(=O)N[C@@H](CCS(C)(=O)=O)C(=O)O)c(-c3ccccc3C)c2)C1. The fraction of sp³-hybridized carbons (Fsp3) is 0.588. The van der Waals surface area contributed by atoms with Gasteiger partial charge in [0, 0.05) is 37.6 Å². The van der Waals surface area contributed by atoms with Gasteiger partial charge in [0.15, 0.2) is 0 Å². The Hall–Kier alpha value is -2.75. The van der Waals surface area contributed by atoms with E-state index in [1.807, 2.05) is 43.3 Å². The normalized spacial score (nSPS) is 20.6. The quantitative estimate of drug-likeness (QED) is 0.291. The standard InChI is InChI=1S/C34H48N2O6S/c1-4-25-18-28(23-42-22-26-11-6-5-7-12-26)36(20-25)21-27-14-15-30(31(19-27)29-13-9-8-10-24(29)2)33(37)35-32(34(38)39)16-17-43(3,40)41/h8-10,13-15,19,25-26,28,32H,4-7,11-12,16-18,20-23H2,1-3H3,(H,35,37)(H,38,39)/t25-,28-,32-/m0/s1. The highest BCUT2D eigenvalue weighted by Gasteiger charge is 2.32. The molecule has 8 nitrogen and oxygen atoms in total. The molecule has 2 fully saturated rings. The Balaban J connectivity index is 1.54. The van der Waals surface area contributed by atoms with Gasteiger partial charge in [-0.05, 0) is 78.8 Å². The lowest BCUT2D eigenvalue weighted by molar-refractivity contribution is -0.139. The van der Waals surface area contributed by atoms with Gasteiger partial charge in [0.25, 0.3) is 5.91 Å². The van der Waals surface area contributed by atoms with Gasteiger partial charge in [0.05, 0.1) is 12.4 Å². The molecular weight excluding hydrogens is 564 g/mol. The maximum Gasteiger partial charge on any atom is 0.326 e. The molecule has 3 atom stereocenters. The first-order chi connectivity index (χ1) is 20.5. The van der Waals surface area contributed by atoms with Crippen molar-refractivity contribution < 1.29 is 27.9 Å². The van der Waals surface area contributed by atoms with Crippen molar-refractivity contribution in [3.63, 3.8) is 0 Å². The van der Waals surface area contributed by atoms with Crippen molar-refractivity contribution in [2.45, 2.75) is 83.8 Å². The van der Waals surface area contributed by atoms with Crippen LogP contribution in [0, 0.1) is 18.8 Å². The first-order valence-electron chi connectivity index (χ1n) is 15.8. The molecule has 2 aromatic rings. The van der Waals surface area contributed by atoms with Crippen molar-refractivity contribution in [1.29, 1.82) is 0 Å². The number of carbonyl (C=O) groups is 2. The Labute approximate surface area is 257 Å². The van der Waals surface area contributed by atoms with Gasteiger partial charge in [0.1, 0.15) is 15.9 Å². The number of nitrogens with zero attached hydrogens (tertiary/aromatic N) is 1. The van der Waals surface area contributed by atoms with Crippen molar-refractivity contribution >= 4 is 21.7 Å². The van der Waals surface area contributed by atoms with Crippen LogP contribution in [0.15, 0.2) is 42.5 Å². The van der Waals surface area contributed by atoms with Gasteiger partial charge in [-0.15, -0.1) is 0 Å². The van der Waals surface area contributed by atoms with Crippen LogP contribution in [0.25, 0.3) is 11.1 Å². The average molecular weight is 613 g/mol. The smallest absolute Gasteiger partial charge is 0.326 e. The molecular formula is C34H48N2O6S. The number of carboxylic acid groups (broad SMARTS) is 1. The first kappa shape index (κ1) is 33.1. The van der Waals surface area contributed by atoms with Gasteiger partial charge in [0.2, 0.25) is 0 Å². The largest absolute Gasteiger partial charge is 0.480 e. The number of likely N-dealkylation sites (tertiary alicyclic amines) is 1. The molecule has 2 aromatic carbocycles. The van der Waals surface area contributed by atoms with Gasteiger partial charge in [-0.2, -0.15) is 0 Å². The van der Waals surface area contributed by atoms with E-state index in [9.17, 15) is 23.1 Å². The Kier molecular flexibility index (Phi) is 11.8. The Morgan fingerprint density at radius 3 is 2.47 bits per heavy atom. The second-order valence-corrected chi connectivity index (χ2v) is 14.9. The number of carbonyl (C=O) groups excluding carboxylic acids is 1. The molecule has 236 valence electrons. The molecule has 9 heteroatoms. The van der Waals surface area contributed by atoms with E-state index in [4.69, 9.17) is 4.74 Å². The number of aliphatic carboxylic acids is 1. The van der Waals surface area contributed by atoms with Crippen molar-refractivity contribution in [1.82, 2.24) is 10.2 Å². The summed E-state index contributed by atoms with van der Waals surface area (Å²) in [7, 11) is -3.38. The minimum Gasteiger partial charge on any atom is -0.480 e. The third kappa shape index (κ3) is 9.62. The molecule has 1 amide bonds. The fourth-order valence-corrected chi connectivity index (χ4v) is 7.19. The van der Waals surface area contributed by atoms with E-state index in [1.54, 1.807) is 6.07 Å². The number of hydrogen-bond donors (Lipinski definition) is 2. The van der Waals surface area contributed by atoms with E-state index < -0.39 is 27.8 Å². The first-order valence-corrected chi connectivity index (χ1v) is 17.8. The summed E-state index contributed by atoms with van der Waals surface area (Å²) < 4.78 is 29.6. The number of sulfone groups is 1. The van der Waals surface area contributed by atoms with Crippen LogP contribution in [-0.2, 0) is 25.9 Å². The van der Waals surface area contributed by atoms with Gasteiger partial charge in [-0.25, -0.2) is 13.2 Å². The second-order valence-electron chi connectivity index (χ2n) is 12.6. The van der Waals surface area contributed by atoms with Crippen molar-refractivity contribution in [2.24, 2.45) is 11.8 Å². The summed E-state index contributed by atoms with van der Waals surface area (Å²) in [6.45, 7) is 7.57. The van der Waals surface area contributed by atoms with E-state index in [0.717, 1.165) is 67.7 Å². The van der Waals surface area contributed by atoms with Crippen LogP contribution in [-0.4, -0.2) is 74.2 Å². The summed E-state index contributed by atoms with van der Waals surface area (Å²) in [5.74, 6) is -0.806. The molecule has 2 aliphatic rings. The van der Waals surface area contributed by atoms with Crippen LogP contribution in [0.1, 0.15) is 79.8 Å². The molecule has 0 aromatic heterocycles. The van der Waals surface area contributed by atoms with Crippen LogP contribution >= 0.6 is 0 Å². The zero-order valence-corrected chi connectivity index (χ0v) is 26.7. The number of carboxylic acids is 1. The number of ether oxygens (including phenoxy) is 1. The molecule has 0 spiro atoms. The lowest BCUT2D eigenvalue weighted by Gasteiger charge is -2.27. The predicted molar refractivity (Wildman–Crippen MR) is 170 cm³/mol. The Morgan fingerprint density at radius 1 is 1.05 bits per heavy atom. The molecule has 1 aliphatic carbocycles. The topological polar surface area (TPSA) is 113 Å². The molecule has 1 saturated heterocycles. The third-order valence-electron chi connectivity index (χ3n) is 9.11. The van der Waals surface area contributed by atoms with Crippen LogP contribution in [0.4, 0.5) is 0 Å². The van der Waals surface area contributed by atoms with E-state index in [-0.39, 0.29) is 12.2 Å². The van der Waals surface area contributed by atoms with Crippen molar-refractivity contribution in [2.75, 3.05) is 31.8 Å². The third-order valence-corrected chi connectivity index (χ3v) is 10.1. The number of hydrogen-bond acceptors (Lipinski definition) is 6. The van der Waals surface area contributed by atoms with Gasteiger partial charge in [-0.3, -0.25) is 9.69 Å². The maximum absolute atomic E-state index is 13.5. The summed E-state index contributed by atoms with van der Waals surface area (Å²) in [5, 5.41) is 12.2. The molecule has 0 radical (unpaired) electrons. The van der Waals surface area contributed by atoms with Crippen LogP contribution in [0.2, 0.25) is 0 Å². The summed E-state index contributed by atoms with van der Waals surface area (Å²) in [6.07, 6.45) is 9.64. The monoisotopic (exact) mass is 612 g/mol. The van der Waals surface area contributed by atoms with Crippen LogP contribution < -0.4 is 5.32 Å². The molecule has 43 heavy (non-hydrogen) atoms. The molecule has 1 aliphatic heterocycles. The molecule has 1 heterocycles. The lowest BCUT2D eigenvalue weighted by Crippen LogP contribution is -2.42. The molecule has 2 N–H and O–H groups in total. The van der Waals surface area contributed by atoms with Gasteiger partial charge < -0.3 is 15.2 Å². The number of amides is 1. The number of benzene rings is 2. The average Bonchev–Trinajstić information content (AvgIpc) is 3.36. The predicted octanol–water partition coefficient (Wildman–Crippen LogP) is 5.48. The summed E-state index contributed by atoms with van der Waals surface area (Å²) in [6, 6.07) is 12.6. The van der Waals surface area contributed by atoms with Crippen molar-refractivity contribution in [3.05, 3.63) is 59.2 Å². The Morgan fingerprint density at radius 2 is 1.79 bits per heavy atom. The number of nitrogens with one attached hydrogen (secondary N) is 1. The zero-order chi connectivity index (χ0) is 31.0. The maximum atomic E-state index is 13.5. The minimum absolute atomic E-state index is 0.199. The summed E-state index contributed by atoms with van der Waals surface area (Å²) in [4.78, 5) is 27.8. The molecule has 1 saturated carbocycles.